The third-order valence-electron chi connectivity index (χ3n) is 3.37. The van der Waals surface area contributed by atoms with Crippen LogP contribution in [0.2, 0.25) is 0 Å². The molecule has 0 fully saturated rings. The van der Waals surface area contributed by atoms with E-state index in [0.717, 1.165) is 16.9 Å². The van der Waals surface area contributed by atoms with Crippen molar-refractivity contribution in [2.75, 3.05) is 13.7 Å². The van der Waals surface area contributed by atoms with E-state index in [9.17, 15) is 19.8 Å². The molecular weight excluding hydrogens is 346 g/mol. The van der Waals surface area contributed by atoms with E-state index in [1.54, 1.807) is 0 Å². The maximum Gasteiger partial charge on any atom is 0.407 e. The molecule has 1 heterocycles. The van der Waals surface area contributed by atoms with Crippen molar-refractivity contribution in [1.82, 2.24) is 5.32 Å². The fraction of sp³-hybridized carbons (Fsp3) is 0.294. The van der Waals surface area contributed by atoms with Crippen molar-refractivity contribution >= 4 is 23.4 Å². The van der Waals surface area contributed by atoms with Gasteiger partial charge in [-0.05, 0) is 11.6 Å². The molecule has 2 atom stereocenters. The molecule has 2 rings (SSSR count). The smallest absolute Gasteiger partial charge is 0.407 e. The van der Waals surface area contributed by atoms with E-state index in [-0.39, 0.29) is 13.2 Å². The van der Waals surface area contributed by atoms with Crippen molar-refractivity contribution in [2.24, 2.45) is 0 Å². The molecule has 0 aliphatic rings. The number of hydrogen-bond acceptors (Lipinski definition) is 7. The highest BCUT2D eigenvalue weighted by Gasteiger charge is 2.22. The van der Waals surface area contributed by atoms with Crippen LogP contribution in [0.4, 0.5) is 4.79 Å². The molecule has 134 valence electrons. The second kappa shape index (κ2) is 9.16. The van der Waals surface area contributed by atoms with Gasteiger partial charge in [-0.3, -0.25) is 0 Å². The van der Waals surface area contributed by atoms with Gasteiger partial charge in [0, 0.05) is 16.8 Å². The standard InChI is InChI=1S/C17H19NO6S/c1-23-16(21)12-7-14(25-10-12)15(20)13(19)8-18-17(22)24-9-11-5-3-2-4-6-11/h2-7,10,13,15,19-20H,8-9H2,1H3,(H,18,22). The van der Waals surface area contributed by atoms with Crippen LogP contribution in [0, 0.1) is 0 Å². The third-order valence-corrected chi connectivity index (χ3v) is 4.37. The molecule has 1 amide bonds. The minimum atomic E-state index is -1.24. The quantitative estimate of drug-likeness (QED) is 0.647. The first-order valence-electron chi connectivity index (χ1n) is 7.48. The van der Waals surface area contributed by atoms with Crippen LogP contribution in [0.1, 0.15) is 26.9 Å². The maximum absolute atomic E-state index is 11.6. The van der Waals surface area contributed by atoms with Gasteiger partial charge in [0.2, 0.25) is 0 Å². The van der Waals surface area contributed by atoms with Gasteiger partial charge in [0.25, 0.3) is 0 Å². The molecule has 0 saturated heterocycles. The summed E-state index contributed by atoms with van der Waals surface area (Å²) in [5, 5.41) is 24.0. The Bertz CT molecular complexity index is 702. The summed E-state index contributed by atoms with van der Waals surface area (Å²) in [6.07, 6.45) is -3.18. The Balaban J connectivity index is 1.78. The summed E-state index contributed by atoms with van der Waals surface area (Å²) in [5.41, 5.74) is 1.14. The number of amides is 1. The molecule has 2 unspecified atom stereocenters. The Kier molecular flexibility index (Phi) is 6.93. The van der Waals surface area contributed by atoms with E-state index in [1.165, 1.54) is 18.6 Å². The first kappa shape index (κ1) is 18.9. The molecule has 2 aromatic rings. The SMILES string of the molecule is COC(=O)c1csc(C(O)C(O)CNC(=O)OCc2ccccc2)c1. The van der Waals surface area contributed by atoms with Crippen molar-refractivity contribution in [2.45, 2.75) is 18.8 Å². The molecule has 0 aliphatic carbocycles. The Hall–Kier alpha value is -2.42. The number of ether oxygens (including phenoxy) is 2. The maximum atomic E-state index is 11.6. The fourth-order valence-corrected chi connectivity index (χ4v) is 2.91. The molecule has 8 heteroatoms. The highest BCUT2D eigenvalue weighted by atomic mass is 32.1. The zero-order chi connectivity index (χ0) is 18.2. The van der Waals surface area contributed by atoms with Gasteiger partial charge in [0.1, 0.15) is 18.8 Å². The number of methoxy groups -OCH3 is 1. The molecule has 1 aromatic carbocycles. The number of rotatable bonds is 7. The summed E-state index contributed by atoms with van der Waals surface area (Å²) in [5.74, 6) is -0.521. The van der Waals surface area contributed by atoms with Crippen LogP contribution in [-0.4, -0.2) is 42.0 Å². The summed E-state index contributed by atoms with van der Waals surface area (Å²) < 4.78 is 9.59. The molecule has 0 aliphatic heterocycles. The first-order chi connectivity index (χ1) is 12.0. The zero-order valence-electron chi connectivity index (χ0n) is 13.5. The van der Waals surface area contributed by atoms with Crippen LogP contribution in [0.15, 0.2) is 41.8 Å². The van der Waals surface area contributed by atoms with Crippen molar-refractivity contribution < 1.29 is 29.3 Å². The lowest BCUT2D eigenvalue weighted by Gasteiger charge is -2.17. The molecule has 0 bridgehead atoms. The number of nitrogens with one attached hydrogen (secondary N) is 1. The lowest BCUT2D eigenvalue weighted by Crippen LogP contribution is -2.35. The average Bonchev–Trinajstić information content (AvgIpc) is 3.14. The van der Waals surface area contributed by atoms with Gasteiger partial charge >= 0.3 is 12.1 Å². The van der Waals surface area contributed by atoms with Gasteiger partial charge in [0.15, 0.2) is 0 Å². The number of carbonyl (C=O) groups is 2. The van der Waals surface area contributed by atoms with Crippen molar-refractivity contribution in [3.63, 3.8) is 0 Å². The highest BCUT2D eigenvalue weighted by molar-refractivity contribution is 7.10. The number of aliphatic hydroxyl groups is 2. The van der Waals surface area contributed by atoms with Crippen molar-refractivity contribution in [3.8, 4) is 0 Å². The summed E-state index contributed by atoms with van der Waals surface area (Å²) in [6.45, 7) is -0.0843. The predicted octanol–water partition coefficient (Wildman–Crippen LogP) is 1.86. The van der Waals surface area contributed by atoms with Crippen molar-refractivity contribution in [3.05, 3.63) is 57.8 Å². The topological polar surface area (TPSA) is 105 Å². The summed E-state index contributed by atoms with van der Waals surface area (Å²) >= 11 is 1.12. The Morgan fingerprint density at radius 3 is 2.64 bits per heavy atom. The Morgan fingerprint density at radius 2 is 1.96 bits per heavy atom. The Labute approximate surface area is 148 Å². The van der Waals surface area contributed by atoms with Crippen LogP contribution < -0.4 is 5.32 Å². The molecule has 0 saturated carbocycles. The van der Waals surface area contributed by atoms with Gasteiger partial charge in [-0.1, -0.05) is 30.3 Å². The van der Waals surface area contributed by atoms with E-state index < -0.39 is 24.3 Å². The largest absolute Gasteiger partial charge is 0.465 e. The van der Waals surface area contributed by atoms with Crippen LogP contribution in [0.3, 0.4) is 0 Å². The number of alkyl carbamates (subject to hydrolysis) is 1. The molecule has 7 nitrogen and oxygen atoms in total. The monoisotopic (exact) mass is 365 g/mol. The second-order valence-electron chi connectivity index (χ2n) is 5.18. The second-order valence-corrected chi connectivity index (χ2v) is 6.13. The zero-order valence-corrected chi connectivity index (χ0v) is 14.4. The molecule has 25 heavy (non-hydrogen) atoms. The molecular formula is C17H19NO6S. The van der Waals surface area contributed by atoms with E-state index >= 15 is 0 Å². The first-order valence-corrected chi connectivity index (χ1v) is 8.36. The predicted molar refractivity (Wildman–Crippen MR) is 91.3 cm³/mol. The summed E-state index contributed by atoms with van der Waals surface area (Å²) in [7, 11) is 1.26. The fourth-order valence-electron chi connectivity index (χ4n) is 2.00. The minimum Gasteiger partial charge on any atom is -0.465 e. The van der Waals surface area contributed by atoms with Gasteiger partial charge < -0.3 is 25.0 Å². The average molecular weight is 365 g/mol. The number of hydrogen-bond donors (Lipinski definition) is 3. The van der Waals surface area contributed by atoms with Crippen LogP contribution in [-0.2, 0) is 16.1 Å². The van der Waals surface area contributed by atoms with Crippen molar-refractivity contribution in [1.29, 1.82) is 0 Å². The van der Waals surface area contributed by atoms with Gasteiger partial charge in [0.05, 0.1) is 12.7 Å². The number of benzene rings is 1. The number of aliphatic hydroxyl groups excluding tert-OH is 2. The minimum absolute atomic E-state index is 0.110. The summed E-state index contributed by atoms with van der Waals surface area (Å²) in [6, 6.07) is 10.6. The van der Waals surface area contributed by atoms with Crippen LogP contribution in [0.5, 0.6) is 0 Å². The number of thiophene rings is 1. The van der Waals surface area contributed by atoms with E-state index in [0.29, 0.717) is 10.4 Å². The van der Waals surface area contributed by atoms with Gasteiger partial charge in [-0.25, -0.2) is 9.59 Å². The van der Waals surface area contributed by atoms with E-state index in [2.05, 4.69) is 10.1 Å². The lowest BCUT2D eigenvalue weighted by molar-refractivity contribution is 0.0204. The van der Waals surface area contributed by atoms with Crippen LogP contribution in [0.25, 0.3) is 0 Å². The molecule has 0 radical (unpaired) electrons. The molecule has 3 N–H and O–H groups in total. The van der Waals surface area contributed by atoms with Gasteiger partial charge in [-0.2, -0.15) is 0 Å². The third kappa shape index (κ3) is 5.56. The Morgan fingerprint density at radius 1 is 1.24 bits per heavy atom. The molecule has 0 spiro atoms. The lowest BCUT2D eigenvalue weighted by atomic mass is 10.1. The number of carbonyl (C=O) groups excluding carboxylic acids is 2. The normalized spacial score (nSPS) is 12.9. The van der Waals surface area contributed by atoms with Crippen LogP contribution >= 0.6 is 11.3 Å². The summed E-state index contributed by atoms with van der Waals surface area (Å²) in [4.78, 5) is 23.4. The number of esters is 1. The molecule has 1 aromatic heterocycles. The van der Waals surface area contributed by atoms with Gasteiger partial charge in [-0.15, -0.1) is 11.3 Å². The van der Waals surface area contributed by atoms with E-state index in [1.807, 2.05) is 30.3 Å². The highest BCUT2D eigenvalue weighted by Crippen LogP contribution is 2.25. The van der Waals surface area contributed by atoms with E-state index in [4.69, 9.17) is 4.74 Å².